The monoisotopic (exact) mass is 280 g/mol. The van der Waals surface area contributed by atoms with Crippen LogP contribution in [0.1, 0.15) is 10.4 Å². The van der Waals surface area contributed by atoms with Crippen molar-refractivity contribution in [3.63, 3.8) is 0 Å². The molecule has 0 bridgehead atoms. The molecule has 0 fully saturated rings. The van der Waals surface area contributed by atoms with Crippen molar-refractivity contribution in [2.24, 2.45) is 5.73 Å². The van der Waals surface area contributed by atoms with Crippen LogP contribution in [0.2, 0.25) is 4.34 Å². The molecule has 1 heterocycles. The summed E-state index contributed by atoms with van der Waals surface area (Å²) in [5, 5.41) is 7.22. The van der Waals surface area contributed by atoms with Crippen LogP contribution in [0.15, 0.2) is 36.4 Å². The molecule has 1 aromatic carbocycles. The number of rotatable bonds is 5. The Kier molecular flexibility index (Phi) is 4.23. The van der Waals surface area contributed by atoms with E-state index in [1.165, 1.54) is 11.3 Å². The Morgan fingerprint density at radius 3 is 2.50 bits per heavy atom. The van der Waals surface area contributed by atoms with Gasteiger partial charge in [-0.25, -0.2) is 0 Å². The van der Waals surface area contributed by atoms with Crippen LogP contribution in [0.5, 0.6) is 5.75 Å². The molecule has 0 spiro atoms. The van der Waals surface area contributed by atoms with Gasteiger partial charge in [-0.2, -0.15) is 0 Å². The quantitative estimate of drug-likeness (QED) is 0.651. The van der Waals surface area contributed by atoms with Crippen molar-refractivity contribution in [2.45, 2.75) is 13.0 Å². The molecule has 18 heavy (non-hydrogen) atoms. The number of hydrogen-bond donors (Lipinski definition) is 2. The highest BCUT2D eigenvalue weighted by Crippen LogP contribution is 2.23. The average Bonchev–Trinajstić information content (AvgIpc) is 2.74. The smallest absolute Gasteiger partial charge is 0.122 e. The zero-order valence-corrected chi connectivity index (χ0v) is 11.2. The Bertz CT molecular complexity index is 536. The van der Waals surface area contributed by atoms with Crippen molar-refractivity contribution in [1.29, 1.82) is 5.41 Å². The summed E-state index contributed by atoms with van der Waals surface area (Å²) in [6, 6.07) is 11.4. The minimum atomic E-state index is 0.164. The Labute approximate surface area is 115 Å². The fraction of sp³-hybridized carbons (Fsp3) is 0.154. The van der Waals surface area contributed by atoms with Gasteiger partial charge in [-0.15, -0.1) is 11.3 Å². The Balaban J connectivity index is 1.92. The molecule has 0 amide bonds. The Hall–Kier alpha value is -1.52. The van der Waals surface area contributed by atoms with Gasteiger partial charge in [0.1, 0.15) is 12.4 Å². The summed E-state index contributed by atoms with van der Waals surface area (Å²) in [6.45, 7) is 0.517. The van der Waals surface area contributed by atoms with Crippen molar-refractivity contribution < 1.29 is 4.74 Å². The summed E-state index contributed by atoms with van der Waals surface area (Å²) in [6.07, 6.45) is 0.473. The van der Waals surface area contributed by atoms with Crippen LogP contribution < -0.4 is 10.5 Å². The molecule has 0 atom stereocenters. The first-order chi connectivity index (χ1) is 8.63. The Morgan fingerprint density at radius 1 is 1.22 bits per heavy atom. The van der Waals surface area contributed by atoms with Crippen LogP contribution in [-0.4, -0.2) is 5.84 Å². The number of nitrogens with two attached hydrogens (primary N) is 1. The number of halogens is 1. The first-order valence-corrected chi connectivity index (χ1v) is 6.62. The van der Waals surface area contributed by atoms with E-state index < -0.39 is 0 Å². The largest absolute Gasteiger partial charge is 0.488 e. The van der Waals surface area contributed by atoms with E-state index in [0.29, 0.717) is 13.0 Å². The van der Waals surface area contributed by atoms with Crippen LogP contribution in [0.4, 0.5) is 0 Å². The van der Waals surface area contributed by atoms with Gasteiger partial charge in [0.05, 0.1) is 10.2 Å². The number of benzene rings is 1. The zero-order chi connectivity index (χ0) is 13.0. The van der Waals surface area contributed by atoms with Crippen LogP contribution in [0, 0.1) is 5.41 Å². The van der Waals surface area contributed by atoms with Crippen molar-refractivity contribution in [2.75, 3.05) is 0 Å². The molecule has 0 aliphatic heterocycles. The first kappa shape index (κ1) is 12.9. The third-order valence-electron chi connectivity index (χ3n) is 2.33. The zero-order valence-electron chi connectivity index (χ0n) is 9.65. The summed E-state index contributed by atoms with van der Waals surface area (Å²) in [4.78, 5) is 1.09. The molecule has 5 heteroatoms. The van der Waals surface area contributed by atoms with E-state index in [4.69, 9.17) is 27.5 Å². The predicted molar refractivity (Wildman–Crippen MR) is 75.7 cm³/mol. The molecule has 0 saturated heterocycles. The molecule has 0 aliphatic rings. The molecule has 94 valence electrons. The molecule has 3 N–H and O–H groups in total. The van der Waals surface area contributed by atoms with E-state index in [1.807, 2.05) is 36.4 Å². The third-order valence-corrected chi connectivity index (χ3v) is 3.53. The molecule has 3 nitrogen and oxygen atoms in total. The highest BCUT2D eigenvalue weighted by Gasteiger charge is 2.00. The van der Waals surface area contributed by atoms with Crippen molar-refractivity contribution in [1.82, 2.24) is 0 Å². The minimum Gasteiger partial charge on any atom is -0.488 e. The lowest BCUT2D eigenvalue weighted by molar-refractivity contribution is 0.310. The second kappa shape index (κ2) is 5.89. The van der Waals surface area contributed by atoms with E-state index in [2.05, 4.69) is 0 Å². The van der Waals surface area contributed by atoms with E-state index in [9.17, 15) is 0 Å². The maximum absolute atomic E-state index is 7.22. The molecule has 2 aromatic rings. The van der Waals surface area contributed by atoms with Gasteiger partial charge in [0, 0.05) is 11.3 Å². The molecule has 0 radical (unpaired) electrons. The van der Waals surface area contributed by atoms with E-state index in [-0.39, 0.29) is 5.84 Å². The summed E-state index contributed by atoms with van der Waals surface area (Å²) in [5.41, 5.74) is 6.35. The summed E-state index contributed by atoms with van der Waals surface area (Å²) in [7, 11) is 0. The summed E-state index contributed by atoms with van der Waals surface area (Å²) >= 11 is 7.36. The highest BCUT2D eigenvalue weighted by molar-refractivity contribution is 7.16. The first-order valence-electron chi connectivity index (χ1n) is 5.42. The van der Waals surface area contributed by atoms with E-state index in [1.54, 1.807) is 0 Å². The highest BCUT2D eigenvalue weighted by atomic mass is 35.5. The number of hydrogen-bond acceptors (Lipinski definition) is 3. The van der Waals surface area contributed by atoms with Crippen LogP contribution in [0.3, 0.4) is 0 Å². The molecular formula is C13H13ClN2OS. The van der Waals surface area contributed by atoms with E-state index in [0.717, 1.165) is 20.5 Å². The minimum absolute atomic E-state index is 0.164. The molecule has 0 unspecified atom stereocenters. The lowest BCUT2D eigenvalue weighted by atomic mass is 10.1. The van der Waals surface area contributed by atoms with Gasteiger partial charge in [-0.1, -0.05) is 23.7 Å². The van der Waals surface area contributed by atoms with Gasteiger partial charge in [0.25, 0.3) is 0 Å². The second-order valence-electron chi connectivity index (χ2n) is 3.84. The topological polar surface area (TPSA) is 59.1 Å². The molecular weight excluding hydrogens is 268 g/mol. The number of thiophene rings is 1. The maximum Gasteiger partial charge on any atom is 0.122 e. The fourth-order valence-electron chi connectivity index (χ4n) is 1.51. The summed E-state index contributed by atoms with van der Waals surface area (Å²) in [5.74, 6) is 0.962. The average molecular weight is 281 g/mol. The van der Waals surface area contributed by atoms with Crippen LogP contribution >= 0.6 is 22.9 Å². The molecule has 0 saturated carbocycles. The van der Waals surface area contributed by atoms with Crippen molar-refractivity contribution in [3.05, 3.63) is 51.2 Å². The number of amidine groups is 1. The van der Waals surface area contributed by atoms with Gasteiger partial charge in [-0.05, 0) is 29.8 Å². The molecule has 0 aliphatic carbocycles. The van der Waals surface area contributed by atoms with Gasteiger partial charge in [-0.3, -0.25) is 5.41 Å². The van der Waals surface area contributed by atoms with Crippen molar-refractivity contribution >= 4 is 28.8 Å². The standard InChI is InChI=1S/C13H13ClN2OS/c14-12-6-5-11(18-12)8-17-10-3-1-9(2-4-10)7-13(15)16/h1-6H,7-8H2,(H3,15,16). The predicted octanol–water partition coefficient (Wildman–Crippen LogP) is 3.46. The Morgan fingerprint density at radius 2 is 1.94 bits per heavy atom. The van der Waals surface area contributed by atoms with E-state index >= 15 is 0 Å². The third kappa shape index (κ3) is 3.75. The maximum atomic E-state index is 7.22. The molecule has 2 rings (SSSR count). The number of nitrogens with one attached hydrogen (secondary N) is 1. The van der Waals surface area contributed by atoms with Gasteiger partial charge in [0.15, 0.2) is 0 Å². The van der Waals surface area contributed by atoms with Crippen LogP contribution in [-0.2, 0) is 13.0 Å². The fourth-order valence-corrected chi connectivity index (χ4v) is 2.51. The SMILES string of the molecule is N=C(N)Cc1ccc(OCc2ccc(Cl)s2)cc1. The van der Waals surface area contributed by atoms with Gasteiger partial charge >= 0.3 is 0 Å². The van der Waals surface area contributed by atoms with Crippen molar-refractivity contribution in [3.8, 4) is 5.75 Å². The molecule has 1 aromatic heterocycles. The van der Waals surface area contributed by atoms with Gasteiger partial charge in [0.2, 0.25) is 0 Å². The summed E-state index contributed by atoms with van der Waals surface area (Å²) < 4.78 is 6.40. The second-order valence-corrected chi connectivity index (χ2v) is 5.64. The lowest BCUT2D eigenvalue weighted by Gasteiger charge is -2.05. The van der Waals surface area contributed by atoms with Crippen LogP contribution in [0.25, 0.3) is 0 Å². The lowest BCUT2D eigenvalue weighted by Crippen LogP contribution is -2.12. The number of ether oxygens (including phenoxy) is 1. The van der Waals surface area contributed by atoms with Gasteiger partial charge < -0.3 is 10.5 Å². The normalized spacial score (nSPS) is 10.3.